The van der Waals surface area contributed by atoms with Crippen molar-refractivity contribution in [1.82, 2.24) is 24.7 Å². The lowest BCUT2D eigenvalue weighted by molar-refractivity contribution is 0.884. The summed E-state index contributed by atoms with van der Waals surface area (Å²) in [6, 6.07) is 16.6. The maximum atomic E-state index is 4.44. The van der Waals surface area contributed by atoms with Gasteiger partial charge in [-0.25, -0.2) is 4.98 Å². The third-order valence-electron chi connectivity index (χ3n) is 4.30. The Labute approximate surface area is 162 Å². The fraction of sp³-hybridized carbons (Fsp3) is 0.143. The Hall–Kier alpha value is -2.99. The molecular weight excluding hydrogens is 354 g/mol. The minimum Gasteiger partial charge on any atom is -0.269 e. The second-order valence-corrected chi connectivity index (χ2v) is 7.23. The second-order valence-electron chi connectivity index (χ2n) is 6.29. The fourth-order valence-corrected chi connectivity index (χ4v) is 3.87. The molecule has 6 heteroatoms. The molecule has 0 bridgehead atoms. The van der Waals surface area contributed by atoms with E-state index in [9.17, 15) is 0 Å². The van der Waals surface area contributed by atoms with Crippen molar-refractivity contribution in [2.24, 2.45) is 0 Å². The lowest BCUT2D eigenvalue weighted by atomic mass is 10.1. The minimum atomic E-state index is 0.692. The van der Waals surface area contributed by atoms with Crippen LogP contribution in [0.3, 0.4) is 0 Å². The van der Waals surface area contributed by atoms with Crippen molar-refractivity contribution in [2.75, 3.05) is 0 Å². The lowest BCUT2D eigenvalue weighted by Crippen LogP contribution is -2.01. The summed E-state index contributed by atoms with van der Waals surface area (Å²) in [7, 11) is 0. The molecule has 134 valence electrons. The van der Waals surface area contributed by atoms with Gasteiger partial charge in [0.2, 0.25) is 0 Å². The Morgan fingerprint density at radius 2 is 1.81 bits per heavy atom. The Kier molecular flexibility index (Phi) is 4.98. The predicted octanol–water partition coefficient (Wildman–Crippen LogP) is 4.63. The van der Waals surface area contributed by atoms with E-state index in [1.807, 2.05) is 34.9 Å². The van der Waals surface area contributed by atoms with Crippen LogP contribution in [0.15, 0.2) is 72.3 Å². The minimum absolute atomic E-state index is 0.692. The number of hydrogen-bond donors (Lipinski definition) is 0. The summed E-state index contributed by atoms with van der Waals surface area (Å²) in [6.07, 6.45) is 5.04. The van der Waals surface area contributed by atoms with Gasteiger partial charge in [-0.3, -0.25) is 9.55 Å². The van der Waals surface area contributed by atoms with Crippen LogP contribution < -0.4 is 0 Å². The molecule has 2 aromatic carbocycles. The van der Waals surface area contributed by atoms with E-state index in [0.717, 1.165) is 16.6 Å². The highest BCUT2D eigenvalue weighted by Gasteiger charge is 2.17. The number of hydrogen-bond acceptors (Lipinski definition) is 5. The molecule has 0 saturated carbocycles. The summed E-state index contributed by atoms with van der Waals surface area (Å²) >= 11 is 1.67. The van der Waals surface area contributed by atoms with Crippen LogP contribution in [-0.2, 0) is 5.75 Å². The molecule has 0 fully saturated rings. The number of thioether (sulfide) groups is 1. The molecule has 0 saturated heterocycles. The van der Waals surface area contributed by atoms with Crippen molar-refractivity contribution >= 4 is 11.8 Å². The smallest absolute Gasteiger partial charge is 0.196 e. The van der Waals surface area contributed by atoms with Crippen LogP contribution in [0.25, 0.3) is 17.2 Å². The molecule has 4 rings (SSSR count). The summed E-state index contributed by atoms with van der Waals surface area (Å²) in [4.78, 5) is 8.57. The van der Waals surface area contributed by atoms with Crippen LogP contribution in [0.4, 0.5) is 0 Å². The zero-order valence-electron chi connectivity index (χ0n) is 15.2. The first kappa shape index (κ1) is 17.4. The predicted molar refractivity (Wildman–Crippen MR) is 108 cm³/mol. The molecule has 0 aliphatic heterocycles. The van der Waals surface area contributed by atoms with Gasteiger partial charge in [-0.1, -0.05) is 53.7 Å². The summed E-state index contributed by atoms with van der Waals surface area (Å²) < 4.78 is 2.04. The monoisotopic (exact) mass is 373 g/mol. The van der Waals surface area contributed by atoms with Crippen LogP contribution in [0, 0.1) is 13.8 Å². The Morgan fingerprint density at radius 1 is 0.963 bits per heavy atom. The average Bonchev–Trinajstić information content (AvgIpc) is 3.14. The van der Waals surface area contributed by atoms with Gasteiger partial charge in [-0.2, -0.15) is 0 Å². The van der Waals surface area contributed by atoms with Crippen LogP contribution in [-0.4, -0.2) is 24.7 Å². The normalized spacial score (nSPS) is 10.9. The van der Waals surface area contributed by atoms with Gasteiger partial charge in [0.25, 0.3) is 0 Å². The van der Waals surface area contributed by atoms with Gasteiger partial charge in [0, 0.05) is 23.8 Å². The van der Waals surface area contributed by atoms with E-state index in [1.165, 1.54) is 16.7 Å². The van der Waals surface area contributed by atoms with E-state index < -0.39 is 0 Å². The molecule has 4 aromatic rings. The highest BCUT2D eigenvalue weighted by Crippen LogP contribution is 2.29. The SMILES string of the molecule is Cc1ccc(C)c(CSc2nnc(-c3cnccn3)n2-c2ccccc2)c1. The zero-order valence-corrected chi connectivity index (χ0v) is 16.0. The molecule has 2 aromatic heterocycles. The Morgan fingerprint density at radius 3 is 2.59 bits per heavy atom. The van der Waals surface area contributed by atoms with E-state index in [2.05, 4.69) is 52.2 Å². The van der Waals surface area contributed by atoms with Crippen molar-refractivity contribution in [3.8, 4) is 17.2 Å². The van der Waals surface area contributed by atoms with Crippen molar-refractivity contribution in [1.29, 1.82) is 0 Å². The molecular formula is C21H19N5S. The second kappa shape index (κ2) is 7.72. The number of aromatic nitrogens is 5. The zero-order chi connectivity index (χ0) is 18.6. The molecule has 27 heavy (non-hydrogen) atoms. The molecule has 0 atom stereocenters. The summed E-state index contributed by atoms with van der Waals surface area (Å²) in [5.74, 6) is 1.52. The average molecular weight is 373 g/mol. The van der Waals surface area contributed by atoms with Gasteiger partial charge in [-0.15, -0.1) is 10.2 Å². The van der Waals surface area contributed by atoms with Crippen molar-refractivity contribution in [3.05, 3.63) is 83.8 Å². The van der Waals surface area contributed by atoms with Gasteiger partial charge in [0.15, 0.2) is 11.0 Å². The molecule has 0 radical (unpaired) electrons. The molecule has 0 aliphatic carbocycles. The topological polar surface area (TPSA) is 56.5 Å². The van der Waals surface area contributed by atoms with Gasteiger partial charge < -0.3 is 0 Å². The summed E-state index contributed by atoms with van der Waals surface area (Å²) in [6.45, 7) is 4.26. The first-order chi connectivity index (χ1) is 13.2. The molecule has 2 heterocycles. The number of benzene rings is 2. The van der Waals surface area contributed by atoms with E-state index in [-0.39, 0.29) is 0 Å². The number of rotatable bonds is 5. The van der Waals surface area contributed by atoms with E-state index in [4.69, 9.17) is 0 Å². The van der Waals surface area contributed by atoms with Gasteiger partial charge >= 0.3 is 0 Å². The quantitative estimate of drug-likeness (QED) is 0.477. The van der Waals surface area contributed by atoms with E-state index >= 15 is 0 Å². The third-order valence-corrected chi connectivity index (χ3v) is 5.28. The molecule has 0 spiro atoms. The van der Waals surface area contributed by atoms with Gasteiger partial charge in [-0.05, 0) is 37.1 Å². The maximum Gasteiger partial charge on any atom is 0.196 e. The Bertz CT molecular complexity index is 1040. The van der Waals surface area contributed by atoms with Crippen LogP contribution in [0.1, 0.15) is 16.7 Å². The van der Waals surface area contributed by atoms with Crippen molar-refractivity contribution < 1.29 is 0 Å². The fourth-order valence-electron chi connectivity index (χ4n) is 2.85. The van der Waals surface area contributed by atoms with Gasteiger partial charge in [0.1, 0.15) is 5.69 Å². The molecule has 5 nitrogen and oxygen atoms in total. The highest BCUT2D eigenvalue weighted by molar-refractivity contribution is 7.98. The number of nitrogens with zero attached hydrogens (tertiary/aromatic N) is 5. The molecule has 0 unspecified atom stereocenters. The maximum absolute atomic E-state index is 4.44. The van der Waals surface area contributed by atoms with E-state index in [0.29, 0.717) is 11.5 Å². The Balaban J connectivity index is 1.73. The number of para-hydroxylation sites is 1. The van der Waals surface area contributed by atoms with Gasteiger partial charge in [0.05, 0.1) is 6.20 Å². The number of aryl methyl sites for hydroxylation is 2. The standard InChI is InChI=1S/C21H19N5S/c1-15-8-9-16(2)17(12-15)14-27-21-25-24-20(19-13-22-10-11-23-19)26(21)18-6-4-3-5-7-18/h3-13H,14H2,1-2H3. The largest absolute Gasteiger partial charge is 0.269 e. The lowest BCUT2D eigenvalue weighted by Gasteiger charge is -2.11. The molecule has 0 N–H and O–H groups in total. The van der Waals surface area contributed by atoms with Crippen molar-refractivity contribution in [3.63, 3.8) is 0 Å². The molecule has 0 aliphatic rings. The highest BCUT2D eigenvalue weighted by atomic mass is 32.2. The summed E-state index contributed by atoms with van der Waals surface area (Å²) in [5.41, 5.74) is 5.57. The van der Waals surface area contributed by atoms with Crippen LogP contribution in [0.5, 0.6) is 0 Å². The van der Waals surface area contributed by atoms with Crippen LogP contribution >= 0.6 is 11.8 Å². The first-order valence-electron chi connectivity index (χ1n) is 8.68. The van der Waals surface area contributed by atoms with Crippen LogP contribution in [0.2, 0.25) is 0 Å². The molecule has 0 amide bonds. The van der Waals surface area contributed by atoms with Crippen molar-refractivity contribution in [2.45, 2.75) is 24.8 Å². The third kappa shape index (κ3) is 3.75. The first-order valence-corrected chi connectivity index (χ1v) is 9.67. The van der Waals surface area contributed by atoms with E-state index in [1.54, 1.807) is 30.4 Å². The summed E-state index contributed by atoms with van der Waals surface area (Å²) in [5, 5.41) is 9.68.